The van der Waals surface area contributed by atoms with E-state index in [1.54, 1.807) is 0 Å². The van der Waals surface area contributed by atoms with Crippen LogP contribution in [0.15, 0.2) is 4.99 Å². The number of rotatable bonds is 0. The van der Waals surface area contributed by atoms with Gasteiger partial charge in [-0.3, -0.25) is 0 Å². The molecular weight excluding hydrogens is 166 g/mol. The molecule has 1 fully saturated rings. The molecule has 74 valence electrons. The lowest BCUT2D eigenvalue weighted by Gasteiger charge is -2.27. The highest BCUT2D eigenvalue weighted by Gasteiger charge is 2.34. The van der Waals surface area contributed by atoms with E-state index < -0.39 is 0 Å². The molecule has 4 N–H and O–H groups in total. The molecule has 0 saturated carbocycles. The van der Waals surface area contributed by atoms with Gasteiger partial charge in [0, 0.05) is 12.0 Å². The summed E-state index contributed by atoms with van der Waals surface area (Å²) in [7, 11) is 0. The molecule has 0 spiro atoms. The maximum Gasteiger partial charge on any atom is 0.136 e. The van der Waals surface area contributed by atoms with Crippen molar-refractivity contribution in [1.29, 1.82) is 0 Å². The molecule has 0 aliphatic carbocycles. The topological polar surface area (TPSA) is 60.5 Å². The molecule has 2 rings (SSSR count). The molecule has 2 heterocycles. The van der Waals surface area contributed by atoms with E-state index in [0.717, 1.165) is 12.4 Å². The summed E-state index contributed by atoms with van der Waals surface area (Å²) in [6.07, 6.45) is 0.162. The summed E-state index contributed by atoms with van der Waals surface area (Å²) in [5, 5.41) is 3.42. The third kappa shape index (κ3) is 1.67. The van der Waals surface area contributed by atoms with Gasteiger partial charge >= 0.3 is 0 Å². The molecule has 13 heavy (non-hydrogen) atoms. The third-order valence-corrected chi connectivity index (χ3v) is 2.31. The summed E-state index contributed by atoms with van der Waals surface area (Å²) in [6, 6.07) is 0.371. The zero-order chi connectivity index (χ0) is 9.47. The molecule has 2 aliphatic heterocycles. The smallest absolute Gasteiger partial charge is 0.136 e. The van der Waals surface area contributed by atoms with Crippen LogP contribution >= 0.6 is 0 Å². The van der Waals surface area contributed by atoms with Gasteiger partial charge < -0.3 is 5.32 Å². The average Bonchev–Trinajstić information content (AvgIpc) is 2.45. The van der Waals surface area contributed by atoms with Crippen LogP contribution in [0.4, 0.5) is 0 Å². The molecule has 0 radical (unpaired) electrons. The molecule has 2 aliphatic rings. The summed E-state index contributed by atoms with van der Waals surface area (Å²) in [6.45, 7) is 7.38. The second-order valence-electron chi connectivity index (χ2n) is 4.57. The predicted molar refractivity (Wildman–Crippen MR) is 51.9 cm³/mol. The molecule has 2 unspecified atom stereocenters. The van der Waals surface area contributed by atoms with Crippen molar-refractivity contribution in [1.82, 2.24) is 21.7 Å². The Morgan fingerprint density at radius 2 is 2.15 bits per heavy atom. The van der Waals surface area contributed by atoms with Crippen LogP contribution in [0.25, 0.3) is 0 Å². The molecule has 5 nitrogen and oxygen atoms in total. The number of fused-ring (bicyclic) bond motifs is 1. The minimum atomic E-state index is 0.110. The fourth-order valence-electron chi connectivity index (χ4n) is 1.51. The zero-order valence-electron chi connectivity index (χ0n) is 8.31. The minimum absolute atomic E-state index is 0.110. The van der Waals surface area contributed by atoms with E-state index >= 15 is 0 Å². The quantitative estimate of drug-likeness (QED) is 0.403. The first kappa shape index (κ1) is 8.93. The van der Waals surface area contributed by atoms with Crippen molar-refractivity contribution >= 4 is 5.84 Å². The van der Waals surface area contributed by atoms with Crippen LogP contribution in [0, 0.1) is 5.41 Å². The Labute approximate surface area is 78.3 Å². The van der Waals surface area contributed by atoms with Crippen LogP contribution in [-0.2, 0) is 0 Å². The number of hydrogen-bond donors (Lipinski definition) is 4. The van der Waals surface area contributed by atoms with E-state index in [1.807, 2.05) is 0 Å². The monoisotopic (exact) mass is 183 g/mol. The maximum atomic E-state index is 4.57. The molecule has 1 saturated heterocycles. The van der Waals surface area contributed by atoms with Gasteiger partial charge in [-0.1, -0.05) is 20.8 Å². The molecular formula is C8H17N5. The molecule has 5 heteroatoms. The fourth-order valence-corrected chi connectivity index (χ4v) is 1.51. The Morgan fingerprint density at radius 1 is 1.38 bits per heavy atom. The van der Waals surface area contributed by atoms with Crippen molar-refractivity contribution < 1.29 is 0 Å². The normalized spacial score (nSPS) is 33.6. The minimum Gasteiger partial charge on any atom is -0.366 e. The highest BCUT2D eigenvalue weighted by atomic mass is 15.6. The van der Waals surface area contributed by atoms with Crippen molar-refractivity contribution in [3.05, 3.63) is 0 Å². The summed E-state index contributed by atoms with van der Waals surface area (Å²) in [5.41, 5.74) is 9.09. The lowest BCUT2D eigenvalue weighted by atomic mass is 9.95. The van der Waals surface area contributed by atoms with Gasteiger partial charge in [0.05, 0.1) is 6.04 Å². The zero-order valence-corrected chi connectivity index (χ0v) is 8.31. The largest absolute Gasteiger partial charge is 0.366 e. The SMILES string of the molecule is CC(C)(C)C1=NC2NNNCC2N1. The van der Waals surface area contributed by atoms with Crippen molar-refractivity contribution in [2.75, 3.05) is 6.54 Å². The summed E-state index contributed by atoms with van der Waals surface area (Å²) in [4.78, 5) is 4.57. The van der Waals surface area contributed by atoms with Crippen molar-refractivity contribution in [3.8, 4) is 0 Å². The van der Waals surface area contributed by atoms with Gasteiger partial charge in [-0.15, -0.1) is 0 Å². The lowest BCUT2D eigenvalue weighted by molar-refractivity contribution is 0.270. The number of nitrogens with zero attached hydrogens (tertiary/aromatic N) is 1. The van der Waals surface area contributed by atoms with Gasteiger partial charge in [0.1, 0.15) is 12.0 Å². The number of amidine groups is 1. The first-order chi connectivity index (χ1) is 6.07. The highest BCUT2D eigenvalue weighted by molar-refractivity contribution is 5.89. The molecule has 0 aromatic carbocycles. The Kier molecular flexibility index (Phi) is 2.02. The molecule has 0 aromatic rings. The van der Waals surface area contributed by atoms with Gasteiger partial charge in [-0.05, 0) is 0 Å². The summed E-state index contributed by atoms with van der Waals surface area (Å²) in [5.74, 6) is 1.08. The number of aliphatic imine (C=N–C) groups is 1. The van der Waals surface area contributed by atoms with Gasteiger partial charge in [-0.25, -0.2) is 15.8 Å². The highest BCUT2D eigenvalue weighted by Crippen LogP contribution is 2.20. The lowest BCUT2D eigenvalue weighted by Crippen LogP contribution is -2.63. The van der Waals surface area contributed by atoms with Gasteiger partial charge in [-0.2, -0.15) is 5.53 Å². The Bertz CT molecular complexity index is 229. The summed E-state index contributed by atoms with van der Waals surface area (Å²) >= 11 is 0. The van der Waals surface area contributed by atoms with E-state index in [1.165, 1.54) is 0 Å². The van der Waals surface area contributed by atoms with Crippen LogP contribution in [0.2, 0.25) is 0 Å². The standard InChI is InChI=1S/C8H17N5/c1-8(2,3)7-10-5-4-9-13-12-6(5)11-7/h5-6,9,12-13H,4H2,1-3H3,(H,10,11). The second-order valence-corrected chi connectivity index (χ2v) is 4.57. The van der Waals surface area contributed by atoms with Crippen LogP contribution in [0.3, 0.4) is 0 Å². The first-order valence-corrected chi connectivity index (χ1v) is 4.65. The van der Waals surface area contributed by atoms with E-state index in [4.69, 9.17) is 0 Å². The molecule has 0 amide bonds. The van der Waals surface area contributed by atoms with E-state index in [-0.39, 0.29) is 11.6 Å². The van der Waals surface area contributed by atoms with E-state index in [2.05, 4.69) is 47.5 Å². The third-order valence-electron chi connectivity index (χ3n) is 2.31. The first-order valence-electron chi connectivity index (χ1n) is 4.65. The van der Waals surface area contributed by atoms with E-state index in [9.17, 15) is 0 Å². The molecule has 0 bridgehead atoms. The Hall–Kier alpha value is -0.650. The maximum absolute atomic E-state index is 4.57. The van der Waals surface area contributed by atoms with E-state index in [0.29, 0.717) is 6.04 Å². The fraction of sp³-hybridized carbons (Fsp3) is 0.875. The average molecular weight is 183 g/mol. The predicted octanol–water partition coefficient (Wildman–Crippen LogP) is -0.659. The second kappa shape index (κ2) is 2.94. The Balaban J connectivity index is 2.09. The van der Waals surface area contributed by atoms with Crippen LogP contribution in [0.5, 0.6) is 0 Å². The van der Waals surface area contributed by atoms with Crippen LogP contribution in [-0.4, -0.2) is 24.6 Å². The molecule has 2 atom stereocenters. The van der Waals surface area contributed by atoms with Gasteiger partial charge in [0.2, 0.25) is 0 Å². The number of hydrazine groups is 2. The van der Waals surface area contributed by atoms with Crippen molar-refractivity contribution in [3.63, 3.8) is 0 Å². The van der Waals surface area contributed by atoms with Crippen molar-refractivity contribution in [2.24, 2.45) is 10.4 Å². The van der Waals surface area contributed by atoms with Gasteiger partial charge in [0.25, 0.3) is 0 Å². The number of nitrogens with one attached hydrogen (secondary N) is 4. The molecule has 0 aromatic heterocycles. The van der Waals surface area contributed by atoms with Crippen LogP contribution < -0.4 is 21.7 Å². The van der Waals surface area contributed by atoms with Gasteiger partial charge in [0.15, 0.2) is 0 Å². The number of hydrogen-bond acceptors (Lipinski definition) is 5. The van der Waals surface area contributed by atoms with Crippen molar-refractivity contribution in [2.45, 2.75) is 33.0 Å². The van der Waals surface area contributed by atoms with Crippen LogP contribution in [0.1, 0.15) is 20.8 Å². The summed E-state index contributed by atoms with van der Waals surface area (Å²) < 4.78 is 0. The Morgan fingerprint density at radius 3 is 2.77 bits per heavy atom.